The summed E-state index contributed by atoms with van der Waals surface area (Å²) in [7, 11) is 0. The molecule has 1 heteroatoms. The van der Waals surface area contributed by atoms with E-state index in [-0.39, 0.29) is 0 Å². The summed E-state index contributed by atoms with van der Waals surface area (Å²) in [6.45, 7) is 6.37. The molecule has 1 nitrogen and oxygen atoms in total. The Morgan fingerprint density at radius 2 is 2.55 bits per heavy atom. The van der Waals surface area contributed by atoms with Crippen molar-refractivity contribution in [3.05, 3.63) is 23.5 Å². The van der Waals surface area contributed by atoms with E-state index in [0.29, 0.717) is 6.10 Å². The van der Waals surface area contributed by atoms with E-state index in [0.717, 1.165) is 12.8 Å². The molecular formula is C10H16O. The highest BCUT2D eigenvalue weighted by atomic mass is 16.5. The van der Waals surface area contributed by atoms with Gasteiger partial charge in [-0.05, 0) is 31.4 Å². The van der Waals surface area contributed by atoms with Crippen molar-refractivity contribution < 1.29 is 4.74 Å². The fourth-order valence-corrected chi connectivity index (χ4v) is 1.43. The van der Waals surface area contributed by atoms with Crippen LogP contribution in [0.2, 0.25) is 0 Å². The van der Waals surface area contributed by atoms with Gasteiger partial charge in [-0.3, -0.25) is 0 Å². The Morgan fingerprint density at radius 1 is 1.82 bits per heavy atom. The molecule has 1 aliphatic heterocycles. The standard InChI is InChI=1S/C10H16O/c1-4-9(5-2)10-6-8(3)11-7-10/h4,7-8H,5-6H2,1-3H3/b9-4+/t8-/m1/s1. The van der Waals surface area contributed by atoms with Crippen molar-refractivity contribution in [3.8, 4) is 0 Å². The van der Waals surface area contributed by atoms with Crippen LogP contribution in [0.3, 0.4) is 0 Å². The van der Waals surface area contributed by atoms with Crippen molar-refractivity contribution >= 4 is 0 Å². The van der Waals surface area contributed by atoms with Crippen molar-refractivity contribution in [2.45, 2.75) is 39.7 Å². The van der Waals surface area contributed by atoms with E-state index in [1.807, 2.05) is 6.26 Å². The highest BCUT2D eigenvalue weighted by Crippen LogP contribution is 2.25. The van der Waals surface area contributed by atoms with Gasteiger partial charge in [0.15, 0.2) is 0 Å². The Balaban J connectivity index is 2.61. The average Bonchev–Trinajstić information content (AvgIpc) is 2.39. The second kappa shape index (κ2) is 3.61. The first kappa shape index (κ1) is 8.38. The van der Waals surface area contributed by atoms with Gasteiger partial charge in [-0.25, -0.2) is 0 Å². The third-order valence-corrected chi connectivity index (χ3v) is 2.09. The van der Waals surface area contributed by atoms with Gasteiger partial charge in [0.05, 0.1) is 12.4 Å². The lowest BCUT2D eigenvalue weighted by Crippen LogP contribution is -1.97. The van der Waals surface area contributed by atoms with Gasteiger partial charge in [-0.15, -0.1) is 0 Å². The second-order valence-electron chi connectivity index (χ2n) is 2.96. The molecule has 0 N–H and O–H groups in total. The maximum absolute atomic E-state index is 5.35. The Hall–Kier alpha value is -0.720. The van der Waals surface area contributed by atoms with E-state index in [9.17, 15) is 0 Å². The summed E-state index contributed by atoms with van der Waals surface area (Å²) in [5.41, 5.74) is 2.80. The fraction of sp³-hybridized carbons (Fsp3) is 0.600. The number of rotatable bonds is 2. The van der Waals surface area contributed by atoms with Crippen LogP contribution in [0.25, 0.3) is 0 Å². The molecule has 0 saturated heterocycles. The van der Waals surface area contributed by atoms with Crippen LogP contribution in [0.4, 0.5) is 0 Å². The van der Waals surface area contributed by atoms with Crippen LogP contribution in [0.1, 0.15) is 33.6 Å². The SMILES string of the molecule is C/C=C(\CC)C1=CO[C@H](C)C1. The first-order chi connectivity index (χ1) is 5.27. The Kier molecular flexibility index (Phi) is 2.75. The minimum Gasteiger partial charge on any atom is -0.498 e. The monoisotopic (exact) mass is 152 g/mol. The minimum absolute atomic E-state index is 0.381. The minimum atomic E-state index is 0.381. The zero-order valence-electron chi connectivity index (χ0n) is 7.55. The van der Waals surface area contributed by atoms with Crippen molar-refractivity contribution in [3.63, 3.8) is 0 Å². The first-order valence-corrected chi connectivity index (χ1v) is 4.28. The second-order valence-corrected chi connectivity index (χ2v) is 2.96. The predicted octanol–water partition coefficient (Wildman–Crippen LogP) is 3.04. The summed E-state index contributed by atoms with van der Waals surface area (Å²) in [5, 5.41) is 0. The summed E-state index contributed by atoms with van der Waals surface area (Å²) in [6, 6.07) is 0. The first-order valence-electron chi connectivity index (χ1n) is 4.28. The van der Waals surface area contributed by atoms with E-state index < -0.39 is 0 Å². The quantitative estimate of drug-likeness (QED) is 0.591. The van der Waals surface area contributed by atoms with E-state index in [1.54, 1.807) is 0 Å². The number of hydrogen-bond donors (Lipinski definition) is 0. The molecule has 11 heavy (non-hydrogen) atoms. The van der Waals surface area contributed by atoms with E-state index in [1.165, 1.54) is 11.1 Å². The number of allylic oxidation sites excluding steroid dienone is 2. The Labute approximate surface area is 68.8 Å². The molecule has 0 aromatic carbocycles. The van der Waals surface area contributed by atoms with E-state index in [4.69, 9.17) is 4.74 Å². The molecule has 0 radical (unpaired) electrons. The molecule has 0 spiro atoms. The fourth-order valence-electron chi connectivity index (χ4n) is 1.43. The molecule has 1 heterocycles. The molecule has 0 aromatic heterocycles. The molecule has 0 aliphatic carbocycles. The third-order valence-electron chi connectivity index (χ3n) is 2.09. The summed E-state index contributed by atoms with van der Waals surface area (Å²) in [6.07, 6.45) is 6.65. The van der Waals surface area contributed by atoms with Crippen molar-refractivity contribution in [1.82, 2.24) is 0 Å². The lowest BCUT2D eigenvalue weighted by Gasteiger charge is -2.03. The van der Waals surface area contributed by atoms with Crippen LogP contribution in [-0.4, -0.2) is 6.10 Å². The molecule has 0 unspecified atom stereocenters. The lowest BCUT2D eigenvalue weighted by molar-refractivity contribution is 0.189. The van der Waals surface area contributed by atoms with Gasteiger partial charge in [-0.1, -0.05) is 13.0 Å². The van der Waals surface area contributed by atoms with Crippen LogP contribution >= 0.6 is 0 Å². The van der Waals surface area contributed by atoms with Gasteiger partial charge in [0.25, 0.3) is 0 Å². The molecule has 1 rings (SSSR count). The maximum Gasteiger partial charge on any atom is 0.0992 e. The predicted molar refractivity (Wildman–Crippen MR) is 47.3 cm³/mol. The van der Waals surface area contributed by atoms with Crippen LogP contribution in [0.15, 0.2) is 23.5 Å². The number of ether oxygens (including phenoxy) is 1. The molecule has 0 aromatic rings. The summed E-state index contributed by atoms with van der Waals surface area (Å²) >= 11 is 0. The van der Waals surface area contributed by atoms with E-state index in [2.05, 4.69) is 26.8 Å². The van der Waals surface area contributed by atoms with Gasteiger partial charge >= 0.3 is 0 Å². The van der Waals surface area contributed by atoms with Gasteiger partial charge in [0, 0.05) is 6.42 Å². The highest BCUT2D eigenvalue weighted by Gasteiger charge is 2.14. The molecule has 0 saturated carbocycles. The largest absolute Gasteiger partial charge is 0.498 e. The molecule has 0 amide bonds. The Morgan fingerprint density at radius 3 is 2.91 bits per heavy atom. The summed E-state index contributed by atoms with van der Waals surface area (Å²) < 4.78 is 5.35. The smallest absolute Gasteiger partial charge is 0.0992 e. The maximum atomic E-state index is 5.35. The van der Waals surface area contributed by atoms with Crippen molar-refractivity contribution in [1.29, 1.82) is 0 Å². The van der Waals surface area contributed by atoms with Gasteiger partial charge in [0.1, 0.15) is 0 Å². The van der Waals surface area contributed by atoms with Gasteiger partial charge in [-0.2, -0.15) is 0 Å². The van der Waals surface area contributed by atoms with Crippen LogP contribution in [0, 0.1) is 0 Å². The summed E-state index contributed by atoms with van der Waals surface area (Å²) in [5.74, 6) is 0. The Bertz CT molecular complexity index is 189. The number of hydrogen-bond acceptors (Lipinski definition) is 1. The van der Waals surface area contributed by atoms with Crippen LogP contribution < -0.4 is 0 Å². The molecule has 1 atom stereocenters. The van der Waals surface area contributed by atoms with Crippen molar-refractivity contribution in [2.75, 3.05) is 0 Å². The zero-order chi connectivity index (χ0) is 8.27. The molecular weight excluding hydrogens is 136 g/mol. The molecule has 62 valence electrons. The average molecular weight is 152 g/mol. The molecule has 0 fully saturated rings. The topological polar surface area (TPSA) is 9.23 Å². The summed E-state index contributed by atoms with van der Waals surface area (Å²) in [4.78, 5) is 0. The van der Waals surface area contributed by atoms with Crippen LogP contribution in [0.5, 0.6) is 0 Å². The zero-order valence-corrected chi connectivity index (χ0v) is 7.55. The third kappa shape index (κ3) is 1.86. The van der Waals surface area contributed by atoms with Crippen LogP contribution in [-0.2, 0) is 4.74 Å². The molecule has 0 bridgehead atoms. The van der Waals surface area contributed by atoms with Crippen molar-refractivity contribution in [2.24, 2.45) is 0 Å². The van der Waals surface area contributed by atoms with E-state index >= 15 is 0 Å². The van der Waals surface area contributed by atoms with Gasteiger partial charge < -0.3 is 4.74 Å². The highest BCUT2D eigenvalue weighted by molar-refractivity contribution is 5.31. The molecule has 1 aliphatic rings. The lowest BCUT2D eigenvalue weighted by atomic mass is 10.0. The van der Waals surface area contributed by atoms with Gasteiger partial charge in [0.2, 0.25) is 0 Å². The normalized spacial score (nSPS) is 24.8.